The summed E-state index contributed by atoms with van der Waals surface area (Å²) >= 11 is 6.10. The summed E-state index contributed by atoms with van der Waals surface area (Å²) in [6.07, 6.45) is -0.993. The molecule has 0 aliphatic heterocycles. The molecule has 0 aliphatic carbocycles. The summed E-state index contributed by atoms with van der Waals surface area (Å²) in [6.45, 7) is -0.259. The van der Waals surface area contributed by atoms with E-state index >= 15 is 0 Å². The molecule has 136 valence electrons. The fourth-order valence-corrected chi connectivity index (χ4v) is 2.30. The third-order valence-corrected chi connectivity index (χ3v) is 3.71. The number of aliphatic hydroxyl groups excluding tert-OH is 2. The number of hydrogen-bond acceptors (Lipinski definition) is 6. The number of likely N-dealkylation sites (N-methyl/N-ethyl adjacent to an activating group) is 1. The average molecular weight is 370 g/mol. The lowest BCUT2D eigenvalue weighted by Gasteiger charge is -2.18. The maximum absolute atomic E-state index is 12.2. The van der Waals surface area contributed by atoms with Crippen molar-refractivity contribution in [3.8, 4) is 11.5 Å². The number of benzene rings is 1. The van der Waals surface area contributed by atoms with Gasteiger partial charge < -0.3 is 24.6 Å². The summed E-state index contributed by atoms with van der Waals surface area (Å²) in [5.41, 5.74) is 0.776. The van der Waals surface area contributed by atoms with Crippen LogP contribution in [0.3, 0.4) is 0 Å². The highest BCUT2D eigenvalue weighted by atomic mass is 35.5. The van der Waals surface area contributed by atoms with E-state index in [-0.39, 0.29) is 24.8 Å². The van der Waals surface area contributed by atoms with Crippen LogP contribution in [0.5, 0.6) is 11.5 Å². The van der Waals surface area contributed by atoms with Crippen molar-refractivity contribution >= 4 is 17.5 Å². The van der Waals surface area contributed by atoms with Crippen molar-refractivity contribution in [2.45, 2.75) is 12.7 Å². The van der Waals surface area contributed by atoms with Crippen molar-refractivity contribution in [2.24, 2.45) is 0 Å². The molecule has 0 fully saturated rings. The molecule has 0 unspecified atom stereocenters. The molecule has 0 aliphatic rings. The van der Waals surface area contributed by atoms with Gasteiger partial charge in [-0.1, -0.05) is 11.6 Å². The van der Waals surface area contributed by atoms with Gasteiger partial charge >= 0.3 is 0 Å². The highest BCUT2D eigenvalue weighted by Crippen LogP contribution is 2.29. The molecule has 25 heavy (non-hydrogen) atoms. The Morgan fingerprint density at radius 3 is 2.84 bits per heavy atom. The quantitative estimate of drug-likeness (QED) is 0.642. The lowest BCUT2D eigenvalue weighted by atomic mass is 10.3. The van der Waals surface area contributed by atoms with Crippen LogP contribution in [0.4, 0.5) is 0 Å². The number of methoxy groups -OCH3 is 1. The molecule has 8 nitrogen and oxygen atoms in total. The van der Waals surface area contributed by atoms with Crippen LogP contribution < -0.4 is 9.47 Å². The minimum Gasteiger partial charge on any atom is -0.497 e. The highest BCUT2D eigenvalue weighted by molar-refractivity contribution is 6.32. The predicted octanol–water partition coefficient (Wildman–Crippen LogP) is 1.08. The van der Waals surface area contributed by atoms with Crippen molar-refractivity contribution in [2.75, 3.05) is 27.3 Å². The number of H-pyrrole nitrogens is 1. The highest BCUT2D eigenvalue weighted by Gasteiger charge is 2.18. The third-order valence-electron chi connectivity index (χ3n) is 3.41. The molecule has 1 aromatic carbocycles. The SMILES string of the molecule is COc1ccc(OCc2cc(C(=O)N(C)C[C@H](O)CO)n[nH]2)c(Cl)c1. The number of nitrogens with zero attached hydrogens (tertiary/aromatic N) is 2. The molecule has 1 amide bonds. The Hall–Kier alpha value is -2.29. The van der Waals surface area contributed by atoms with Crippen LogP contribution in [0.25, 0.3) is 0 Å². The smallest absolute Gasteiger partial charge is 0.274 e. The number of carbonyl (C=O) groups is 1. The van der Waals surface area contributed by atoms with Crippen LogP contribution in [0, 0.1) is 0 Å². The van der Waals surface area contributed by atoms with E-state index < -0.39 is 12.7 Å². The first-order valence-corrected chi connectivity index (χ1v) is 7.87. The van der Waals surface area contributed by atoms with Crippen LogP contribution in [0.15, 0.2) is 24.3 Å². The van der Waals surface area contributed by atoms with Crippen molar-refractivity contribution in [3.05, 3.63) is 40.7 Å². The fraction of sp³-hybridized carbons (Fsp3) is 0.375. The van der Waals surface area contributed by atoms with Gasteiger partial charge in [-0.25, -0.2) is 0 Å². The van der Waals surface area contributed by atoms with Crippen LogP contribution in [-0.4, -0.2) is 64.6 Å². The second-order valence-corrected chi connectivity index (χ2v) is 5.79. The first kappa shape index (κ1) is 19.0. The predicted molar refractivity (Wildman–Crippen MR) is 91.0 cm³/mol. The van der Waals surface area contributed by atoms with Crippen molar-refractivity contribution in [3.63, 3.8) is 0 Å². The Morgan fingerprint density at radius 1 is 1.44 bits per heavy atom. The third kappa shape index (κ3) is 5.09. The average Bonchev–Trinajstić information content (AvgIpc) is 3.08. The summed E-state index contributed by atoms with van der Waals surface area (Å²) in [5.74, 6) is 0.727. The van der Waals surface area contributed by atoms with E-state index in [1.165, 1.54) is 11.9 Å². The number of aromatic nitrogens is 2. The molecule has 2 aromatic rings. The summed E-state index contributed by atoms with van der Waals surface area (Å²) in [5, 5.41) is 25.3. The van der Waals surface area contributed by atoms with Gasteiger partial charge in [-0.3, -0.25) is 9.89 Å². The molecule has 9 heteroatoms. The van der Waals surface area contributed by atoms with Gasteiger partial charge in [-0.05, 0) is 18.2 Å². The molecule has 0 spiro atoms. The molecule has 2 rings (SSSR count). The topological polar surface area (TPSA) is 108 Å². The number of amides is 1. The molecule has 3 N–H and O–H groups in total. The molecule has 0 radical (unpaired) electrons. The molecule has 1 heterocycles. The number of ether oxygens (including phenoxy) is 2. The molecule has 0 bridgehead atoms. The van der Waals surface area contributed by atoms with Crippen LogP contribution in [0.2, 0.25) is 5.02 Å². The van der Waals surface area contributed by atoms with Gasteiger partial charge in [0.1, 0.15) is 18.1 Å². The summed E-state index contributed by atoms with van der Waals surface area (Å²) in [6, 6.07) is 6.61. The number of carbonyl (C=O) groups excluding carboxylic acids is 1. The van der Waals surface area contributed by atoms with E-state index in [1.807, 2.05) is 0 Å². The van der Waals surface area contributed by atoms with Gasteiger partial charge in [0.05, 0.1) is 30.5 Å². The number of nitrogens with one attached hydrogen (secondary N) is 1. The minimum atomic E-state index is -0.993. The summed E-state index contributed by atoms with van der Waals surface area (Å²) < 4.78 is 10.7. The van der Waals surface area contributed by atoms with Crippen molar-refractivity contribution < 1.29 is 24.5 Å². The Labute approximate surface area is 149 Å². The number of hydrogen-bond donors (Lipinski definition) is 3. The maximum Gasteiger partial charge on any atom is 0.274 e. The summed E-state index contributed by atoms with van der Waals surface area (Å²) in [7, 11) is 3.06. The van der Waals surface area contributed by atoms with E-state index in [2.05, 4.69) is 10.2 Å². The van der Waals surface area contributed by atoms with Gasteiger partial charge in [-0.2, -0.15) is 5.10 Å². The van der Waals surface area contributed by atoms with Gasteiger partial charge in [-0.15, -0.1) is 0 Å². The number of halogens is 1. The Balaban J connectivity index is 1.96. The zero-order valence-corrected chi connectivity index (χ0v) is 14.7. The first-order valence-electron chi connectivity index (χ1n) is 7.49. The van der Waals surface area contributed by atoms with Crippen LogP contribution in [-0.2, 0) is 6.61 Å². The minimum absolute atomic E-state index is 0.00941. The lowest BCUT2D eigenvalue weighted by molar-refractivity contribution is 0.0516. The number of aliphatic hydroxyl groups is 2. The second kappa shape index (κ2) is 8.70. The van der Waals surface area contributed by atoms with Crippen molar-refractivity contribution in [1.82, 2.24) is 15.1 Å². The van der Waals surface area contributed by atoms with Gasteiger partial charge in [0, 0.05) is 19.7 Å². The molecular formula is C16H20ClN3O5. The first-order chi connectivity index (χ1) is 11.9. The Kier molecular flexibility index (Phi) is 6.63. The van der Waals surface area contributed by atoms with Gasteiger partial charge in [0.15, 0.2) is 5.69 Å². The molecule has 0 saturated heterocycles. The zero-order chi connectivity index (χ0) is 18.4. The zero-order valence-electron chi connectivity index (χ0n) is 13.9. The monoisotopic (exact) mass is 369 g/mol. The molecule has 0 saturated carbocycles. The Bertz CT molecular complexity index is 722. The van der Waals surface area contributed by atoms with Gasteiger partial charge in [0.25, 0.3) is 5.91 Å². The van der Waals surface area contributed by atoms with E-state index in [4.69, 9.17) is 26.2 Å². The summed E-state index contributed by atoms with van der Waals surface area (Å²) in [4.78, 5) is 13.5. The van der Waals surface area contributed by atoms with E-state index in [1.54, 1.807) is 31.4 Å². The van der Waals surface area contributed by atoms with Crippen LogP contribution in [0.1, 0.15) is 16.2 Å². The van der Waals surface area contributed by atoms with Crippen LogP contribution >= 0.6 is 11.6 Å². The van der Waals surface area contributed by atoms with Crippen molar-refractivity contribution in [1.29, 1.82) is 0 Å². The second-order valence-electron chi connectivity index (χ2n) is 5.39. The number of rotatable bonds is 8. The van der Waals surface area contributed by atoms with E-state index in [0.29, 0.717) is 22.2 Å². The van der Waals surface area contributed by atoms with E-state index in [9.17, 15) is 9.90 Å². The van der Waals surface area contributed by atoms with Gasteiger partial charge in [0.2, 0.25) is 0 Å². The Morgan fingerprint density at radius 2 is 2.20 bits per heavy atom. The lowest BCUT2D eigenvalue weighted by Crippen LogP contribution is -2.36. The molecule has 1 atom stereocenters. The fourth-order valence-electron chi connectivity index (χ4n) is 2.08. The maximum atomic E-state index is 12.2. The number of aromatic amines is 1. The standard InChI is InChI=1S/C16H20ClN3O5/c1-20(7-11(22)8-21)16(23)14-5-10(18-19-14)9-25-15-4-3-12(24-2)6-13(15)17/h3-6,11,21-22H,7-9H2,1-2H3,(H,18,19)/t11-/m0/s1. The molecule has 1 aromatic heterocycles. The van der Waals surface area contributed by atoms with E-state index in [0.717, 1.165) is 0 Å². The largest absolute Gasteiger partial charge is 0.497 e. The molecular weight excluding hydrogens is 350 g/mol. The normalized spacial score (nSPS) is 11.9.